The van der Waals surface area contributed by atoms with Gasteiger partial charge in [-0.2, -0.15) is 0 Å². The normalized spacial score (nSPS) is 18.9. The second kappa shape index (κ2) is 6.82. The lowest BCUT2D eigenvalue weighted by Gasteiger charge is -2.28. The van der Waals surface area contributed by atoms with Crippen LogP contribution in [0.2, 0.25) is 0 Å². The molecule has 0 aliphatic heterocycles. The molecule has 16 heavy (non-hydrogen) atoms. The summed E-state index contributed by atoms with van der Waals surface area (Å²) in [5, 5.41) is 0. The van der Waals surface area contributed by atoms with Crippen LogP contribution in [0.15, 0.2) is 24.3 Å². The Balaban J connectivity index is 0.00000128. The Hall–Kier alpha value is 0.200. The lowest BCUT2D eigenvalue weighted by molar-refractivity contribution is 0.307. The highest BCUT2D eigenvalue weighted by Crippen LogP contribution is 2.34. The summed E-state index contributed by atoms with van der Waals surface area (Å²) < 4.78 is 1.31. The summed E-state index contributed by atoms with van der Waals surface area (Å²) in [4.78, 5) is 0. The summed E-state index contributed by atoms with van der Waals surface area (Å²) in [5.74, 6) is 0.703. The smallest absolute Gasteiger partial charge is 0.0334 e. The van der Waals surface area contributed by atoms with Crippen molar-refractivity contribution >= 4 is 35.0 Å². The average Bonchev–Trinajstić information content (AvgIpc) is 2.30. The van der Waals surface area contributed by atoms with Crippen LogP contribution in [0.4, 0.5) is 0 Å². The zero-order valence-electron chi connectivity index (χ0n) is 9.36. The minimum Gasteiger partial charge on any atom is -0.324 e. The third-order valence-corrected chi connectivity index (χ3v) is 4.40. The maximum atomic E-state index is 6.37. The fourth-order valence-corrected chi connectivity index (χ4v) is 3.24. The molecule has 2 N–H and O–H groups in total. The first kappa shape index (κ1) is 14.3. The van der Waals surface area contributed by atoms with Crippen LogP contribution in [0.3, 0.4) is 0 Å². The van der Waals surface area contributed by atoms with Gasteiger partial charge in [0.1, 0.15) is 0 Å². The minimum atomic E-state index is 0. The average molecular weight is 352 g/mol. The van der Waals surface area contributed by atoms with Gasteiger partial charge in [0.2, 0.25) is 0 Å². The Morgan fingerprint density at radius 3 is 2.38 bits per heavy atom. The summed E-state index contributed by atoms with van der Waals surface area (Å²) in [6.07, 6.45) is 6.75. The lowest BCUT2D eigenvalue weighted by atomic mass is 9.81. The van der Waals surface area contributed by atoms with Gasteiger partial charge in [-0.15, -0.1) is 12.4 Å². The van der Waals surface area contributed by atoms with E-state index < -0.39 is 0 Å². The molecule has 3 heteroatoms. The zero-order chi connectivity index (χ0) is 10.7. The number of hydrogen-bond donors (Lipinski definition) is 1. The van der Waals surface area contributed by atoms with Gasteiger partial charge < -0.3 is 5.73 Å². The summed E-state index contributed by atoms with van der Waals surface area (Å²) in [5.41, 5.74) is 7.70. The van der Waals surface area contributed by atoms with Gasteiger partial charge in [-0.25, -0.2) is 0 Å². The van der Waals surface area contributed by atoms with Gasteiger partial charge in [0.25, 0.3) is 0 Å². The third kappa shape index (κ3) is 3.34. The van der Waals surface area contributed by atoms with Crippen molar-refractivity contribution < 1.29 is 0 Å². The topological polar surface area (TPSA) is 26.0 Å². The molecule has 1 fully saturated rings. The van der Waals surface area contributed by atoms with E-state index in [-0.39, 0.29) is 18.4 Å². The van der Waals surface area contributed by atoms with Gasteiger partial charge in [0.05, 0.1) is 0 Å². The molecule has 1 saturated carbocycles. The van der Waals surface area contributed by atoms with E-state index in [1.807, 2.05) is 0 Å². The van der Waals surface area contributed by atoms with E-state index >= 15 is 0 Å². The van der Waals surface area contributed by atoms with E-state index in [0.29, 0.717) is 5.92 Å². The van der Waals surface area contributed by atoms with Crippen LogP contribution in [0.1, 0.15) is 43.7 Å². The molecule has 1 atom stereocenters. The molecule has 1 aromatic carbocycles. The van der Waals surface area contributed by atoms with E-state index in [9.17, 15) is 0 Å². The Kier molecular flexibility index (Phi) is 6.08. The van der Waals surface area contributed by atoms with Crippen LogP contribution in [-0.4, -0.2) is 0 Å². The summed E-state index contributed by atoms with van der Waals surface area (Å²) >= 11 is 2.39. The molecule has 0 amide bonds. The second-order valence-electron chi connectivity index (χ2n) is 4.45. The molecule has 1 aromatic rings. The van der Waals surface area contributed by atoms with Crippen LogP contribution in [0.5, 0.6) is 0 Å². The number of halogens is 2. The Bertz CT molecular complexity index is 323. The zero-order valence-corrected chi connectivity index (χ0v) is 12.3. The molecule has 0 bridgehead atoms. The molecule has 1 aliphatic rings. The van der Waals surface area contributed by atoms with Crippen LogP contribution >= 0.6 is 35.0 Å². The quantitative estimate of drug-likeness (QED) is 0.790. The summed E-state index contributed by atoms with van der Waals surface area (Å²) in [7, 11) is 0. The van der Waals surface area contributed by atoms with Crippen LogP contribution < -0.4 is 5.73 Å². The first-order valence-corrected chi connectivity index (χ1v) is 6.87. The predicted molar refractivity (Wildman–Crippen MR) is 79.9 cm³/mol. The maximum absolute atomic E-state index is 6.37. The van der Waals surface area contributed by atoms with E-state index in [4.69, 9.17) is 5.73 Å². The van der Waals surface area contributed by atoms with E-state index in [2.05, 4.69) is 46.9 Å². The van der Waals surface area contributed by atoms with Gasteiger partial charge in [0, 0.05) is 9.61 Å². The third-order valence-electron chi connectivity index (χ3n) is 3.42. The molecule has 0 unspecified atom stereocenters. The molecular weight excluding hydrogens is 333 g/mol. The largest absolute Gasteiger partial charge is 0.324 e. The lowest BCUT2D eigenvalue weighted by Crippen LogP contribution is -2.24. The molecule has 0 spiro atoms. The van der Waals surface area contributed by atoms with E-state index in [0.717, 1.165) is 0 Å². The van der Waals surface area contributed by atoms with Crippen molar-refractivity contribution in [3.05, 3.63) is 33.4 Å². The molecule has 0 aromatic heterocycles. The van der Waals surface area contributed by atoms with Gasteiger partial charge >= 0.3 is 0 Å². The highest BCUT2D eigenvalue weighted by Gasteiger charge is 2.22. The van der Waals surface area contributed by atoms with Crippen LogP contribution in [0, 0.1) is 9.49 Å². The Morgan fingerprint density at radius 2 is 1.75 bits per heavy atom. The van der Waals surface area contributed by atoms with Crippen molar-refractivity contribution in [2.24, 2.45) is 11.7 Å². The van der Waals surface area contributed by atoms with E-state index in [1.54, 1.807) is 0 Å². The Labute approximate surface area is 118 Å². The fraction of sp³-hybridized carbons (Fsp3) is 0.538. The van der Waals surface area contributed by atoms with Gasteiger partial charge in [-0.3, -0.25) is 0 Å². The molecule has 0 saturated heterocycles. The van der Waals surface area contributed by atoms with Crippen molar-refractivity contribution in [1.82, 2.24) is 0 Å². The van der Waals surface area contributed by atoms with Gasteiger partial charge in [0.15, 0.2) is 0 Å². The number of benzene rings is 1. The molecule has 1 nitrogen and oxygen atoms in total. The molecule has 1 aliphatic carbocycles. The van der Waals surface area contributed by atoms with Crippen molar-refractivity contribution in [3.8, 4) is 0 Å². The van der Waals surface area contributed by atoms with Gasteiger partial charge in [-0.05, 0) is 53.0 Å². The number of hydrogen-bond acceptors (Lipinski definition) is 1. The van der Waals surface area contributed by atoms with E-state index in [1.165, 1.54) is 41.2 Å². The molecule has 90 valence electrons. The van der Waals surface area contributed by atoms with Crippen LogP contribution in [0.25, 0.3) is 0 Å². The number of rotatable bonds is 2. The van der Waals surface area contributed by atoms with Crippen LogP contribution in [-0.2, 0) is 0 Å². The summed E-state index contributed by atoms with van der Waals surface area (Å²) in [6, 6.07) is 8.76. The van der Waals surface area contributed by atoms with Gasteiger partial charge in [-0.1, -0.05) is 37.5 Å². The second-order valence-corrected chi connectivity index (χ2v) is 5.61. The van der Waals surface area contributed by atoms with Crippen molar-refractivity contribution in [3.63, 3.8) is 0 Å². The molecule has 2 rings (SSSR count). The van der Waals surface area contributed by atoms with Crippen molar-refractivity contribution in [1.29, 1.82) is 0 Å². The van der Waals surface area contributed by atoms with Crippen molar-refractivity contribution in [2.45, 2.75) is 38.1 Å². The first-order chi connectivity index (χ1) is 7.29. The Morgan fingerprint density at radius 1 is 1.12 bits per heavy atom. The standard InChI is InChI=1S/C13H18IN.ClH/c14-12-9-5-4-8-11(12)13(15)10-6-2-1-3-7-10;/h4-5,8-10,13H,1-3,6-7,15H2;1H/t13-;/m1./s1. The molecule has 0 radical (unpaired) electrons. The monoisotopic (exact) mass is 351 g/mol. The highest BCUT2D eigenvalue weighted by atomic mass is 127. The maximum Gasteiger partial charge on any atom is 0.0334 e. The predicted octanol–water partition coefficient (Wildman–Crippen LogP) is 4.29. The first-order valence-electron chi connectivity index (χ1n) is 5.79. The summed E-state index contributed by atoms with van der Waals surface area (Å²) in [6.45, 7) is 0. The molecular formula is C13H19ClIN. The molecule has 0 heterocycles. The number of nitrogens with two attached hydrogens (primary N) is 1. The minimum absolute atomic E-state index is 0. The van der Waals surface area contributed by atoms with Crippen molar-refractivity contribution in [2.75, 3.05) is 0 Å². The highest BCUT2D eigenvalue weighted by molar-refractivity contribution is 14.1. The SMILES string of the molecule is Cl.N[C@@H](c1ccccc1I)C1CCCCC1. The fourth-order valence-electron chi connectivity index (χ4n) is 2.49.